The number of ether oxygens (including phenoxy) is 3. The van der Waals surface area contributed by atoms with Gasteiger partial charge in [-0.2, -0.15) is 0 Å². The summed E-state index contributed by atoms with van der Waals surface area (Å²) in [6, 6.07) is 4.13. The molecule has 0 aromatic heterocycles. The first-order valence-corrected chi connectivity index (χ1v) is 12.2. The summed E-state index contributed by atoms with van der Waals surface area (Å²) in [7, 11) is 0. The maximum absolute atomic E-state index is 13.5. The molecule has 1 aromatic carbocycles. The van der Waals surface area contributed by atoms with Gasteiger partial charge in [-0.3, -0.25) is 0 Å². The van der Waals surface area contributed by atoms with E-state index in [1.165, 1.54) is 50.7 Å². The van der Waals surface area contributed by atoms with Crippen LogP contribution in [0, 0.1) is 11.6 Å². The number of hydrogen-bond donors (Lipinski definition) is 0. The second-order valence-electron chi connectivity index (χ2n) is 8.97. The third-order valence-electron chi connectivity index (χ3n) is 5.18. The van der Waals surface area contributed by atoms with E-state index < -0.39 is 18.1 Å². The maximum atomic E-state index is 13.5. The average molecular weight is 443 g/mol. The molecule has 0 amide bonds. The van der Waals surface area contributed by atoms with Crippen molar-refractivity contribution in [3.05, 3.63) is 35.4 Å². The van der Waals surface area contributed by atoms with E-state index in [1.54, 1.807) is 6.07 Å². The van der Waals surface area contributed by atoms with Crippen LogP contribution in [-0.4, -0.2) is 24.8 Å². The lowest BCUT2D eigenvalue weighted by Gasteiger charge is -2.28. The van der Waals surface area contributed by atoms with E-state index in [0.29, 0.717) is 6.42 Å². The number of rotatable bonds is 18. The van der Waals surface area contributed by atoms with Gasteiger partial charge in [-0.1, -0.05) is 57.9 Å². The van der Waals surface area contributed by atoms with Gasteiger partial charge in [-0.25, -0.2) is 8.78 Å². The predicted molar refractivity (Wildman–Crippen MR) is 123 cm³/mol. The van der Waals surface area contributed by atoms with Crippen LogP contribution in [0.5, 0.6) is 0 Å². The van der Waals surface area contributed by atoms with E-state index in [-0.39, 0.29) is 18.3 Å². The quantitative estimate of drug-likeness (QED) is 0.170. The van der Waals surface area contributed by atoms with Crippen molar-refractivity contribution in [3.63, 3.8) is 0 Å². The molecule has 1 unspecified atom stereocenters. The van der Waals surface area contributed by atoms with Crippen molar-refractivity contribution < 1.29 is 23.0 Å². The molecule has 0 heterocycles. The molecular formula is C26H44F2O3. The Morgan fingerprint density at radius 2 is 1.29 bits per heavy atom. The first kappa shape index (κ1) is 28.0. The van der Waals surface area contributed by atoms with Gasteiger partial charge < -0.3 is 14.2 Å². The van der Waals surface area contributed by atoms with Gasteiger partial charge in [0.15, 0.2) is 11.6 Å². The number of hydrogen-bond acceptors (Lipinski definition) is 3. The molecule has 1 aromatic rings. The van der Waals surface area contributed by atoms with Crippen molar-refractivity contribution >= 4 is 0 Å². The van der Waals surface area contributed by atoms with E-state index >= 15 is 0 Å². The van der Waals surface area contributed by atoms with Crippen molar-refractivity contribution in [1.82, 2.24) is 0 Å². The van der Waals surface area contributed by atoms with Crippen molar-refractivity contribution in [3.8, 4) is 0 Å². The van der Waals surface area contributed by atoms with Gasteiger partial charge in [0.1, 0.15) is 0 Å². The molecular weight excluding hydrogens is 398 g/mol. The van der Waals surface area contributed by atoms with E-state index in [1.807, 2.05) is 27.7 Å². The van der Waals surface area contributed by atoms with Crippen LogP contribution in [0.1, 0.15) is 104 Å². The summed E-state index contributed by atoms with van der Waals surface area (Å²) in [6.07, 6.45) is 12.1. The summed E-state index contributed by atoms with van der Waals surface area (Å²) in [5.41, 5.74) is 0.807. The summed E-state index contributed by atoms with van der Waals surface area (Å²) >= 11 is 0. The lowest BCUT2D eigenvalue weighted by atomic mass is 10.0. The number of aryl methyl sites for hydroxylation is 1. The fourth-order valence-electron chi connectivity index (χ4n) is 3.54. The molecule has 180 valence electrons. The summed E-state index contributed by atoms with van der Waals surface area (Å²) in [5.74, 6) is -1.59. The van der Waals surface area contributed by atoms with Crippen LogP contribution in [-0.2, 0) is 20.6 Å². The van der Waals surface area contributed by atoms with E-state index in [0.717, 1.165) is 31.2 Å². The number of benzene rings is 1. The third-order valence-corrected chi connectivity index (χ3v) is 5.18. The minimum atomic E-state index is -0.802. The Bertz CT molecular complexity index is 568. The Kier molecular flexibility index (Phi) is 15.0. The van der Waals surface area contributed by atoms with E-state index in [2.05, 4.69) is 6.92 Å². The van der Waals surface area contributed by atoms with Crippen molar-refractivity contribution in [1.29, 1.82) is 0 Å². The van der Waals surface area contributed by atoms with Crippen LogP contribution in [0.3, 0.4) is 0 Å². The molecule has 0 bridgehead atoms. The molecule has 0 aliphatic rings. The molecule has 0 aliphatic heterocycles. The second-order valence-corrected chi connectivity index (χ2v) is 8.97. The molecule has 0 fully saturated rings. The van der Waals surface area contributed by atoms with Crippen molar-refractivity contribution in [2.24, 2.45) is 0 Å². The van der Waals surface area contributed by atoms with Gasteiger partial charge in [-0.15, -0.1) is 0 Å². The highest BCUT2D eigenvalue weighted by Crippen LogP contribution is 2.20. The SMILES string of the molecule is CCCCCCCCCC(CCCc1ccc(F)c(F)c1)OC(OC(C)C)OC(C)C. The minimum Gasteiger partial charge on any atom is -0.327 e. The average Bonchev–Trinajstić information content (AvgIpc) is 2.68. The summed E-state index contributed by atoms with van der Waals surface area (Å²) in [5, 5.41) is 0. The molecule has 0 saturated heterocycles. The third kappa shape index (κ3) is 13.9. The Morgan fingerprint density at radius 1 is 0.710 bits per heavy atom. The zero-order valence-electron chi connectivity index (χ0n) is 20.3. The van der Waals surface area contributed by atoms with Gasteiger partial charge in [0.25, 0.3) is 6.48 Å². The van der Waals surface area contributed by atoms with Crippen LogP contribution in [0.4, 0.5) is 8.78 Å². The monoisotopic (exact) mass is 442 g/mol. The van der Waals surface area contributed by atoms with Crippen LogP contribution in [0.25, 0.3) is 0 Å². The molecule has 1 atom stereocenters. The molecule has 1 rings (SSSR count). The van der Waals surface area contributed by atoms with Crippen molar-refractivity contribution in [2.45, 2.75) is 130 Å². The molecule has 0 radical (unpaired) electrons. The number of halogens is 2. The van der Waals surface area contributed by atoms with Gasteiger partial charge in [0.05, 0.1) is 18.3 Å². The molecule has 31 heavy (non-hydrogen) atoms. The molecule has 0 saturated carbocycles. The molecule has 0 N–H and O–H groups in total. The summed E-state index contributed by atoms with van der Waals surface area (Å²) < 4.78 is 44.5. The largest absolute Gasteiger partial charge is 0.327 e. The molecule has 0 aliphatic carbocycles. The maximum Gasteiger partial charge on any atom is 0.272 e. The fourth-order valence-corrected chi connectivity index (χ4v) is 3.54. The van der Waals surface area contributed by atoms with Crippen LogP contribution in [0.2, 0.25) is 0 Å². The first-order chi connectivity index (χ1) is 14.8. The highest BCUT2D eigenvalue weighted by Gasteiger charge is 2.20. The van der Waals surface area contributed by atoms with Gasteiger partial charge in [-0.05, 0) is 71.1 Å². The smallest absolute Gasteiger partial charge is 0.272 e. The van der Waals surface area contributed by atoms with Gasteiger partial charge in [0.2, 0.25) is 0 Å². The van der Waals surface area contributed by atoms with E-state index in [4.69, 9.17) is 14.2 Å². The lowest BCUT2D eigenvalue weighted by molar-refractivity contribution is -0.327. The van der Waals surface area contributed by atoms with Gasteiger partial charge >= 0.3 is 0 Å². The zero-order valence-corrected chi connectivity index (χ0v) is 20.3. The highest BCUT2D eigenvalue weighted by atomic mass is 19.2. The second kappa shape index (κ2) is 16.6. The van der Waals surface area contributed by atoms with E-state index in [9.17, 15) is 8.78 Å². The standard InChI is InChI=1S/C26H44F2O3/c1-6-7-8-9-10-11-12-15-23(31-26(29-20(2)3)30-21(4)5)16-13-14-22-17-18-24(27)25(28)19-22/h17-21,23,26H,6-16H2,1-5H3. The topological polar surface area (TPSA) is 27.7 Å². The lowest BCUT2D eigenvalue weighted by Crippen LogP contribution is -2.31. The minimum absolute atomic E-state index is 0.00477. The van der Waals surface area contributed by atoms with Gasteiger partial charge in [0, 0.05) is 0 Å². The summed E-state index contributed by atoms with van der Waals surface area (Å²) in [6.45, 7) is 9.42. The van der Waals surface area contributed by atoms with Crippen molar-refractivity contribution in [2.75, 3.05) is 0 Å². The van der Waals surface area contributed by atoms with Crippen LogP contribution >= 0.6 is 0 Å². The first-order valence-electron chi connectivity index (χ1n) is 12.2. The van der Waals surface area contributed by atoms with Crippen LogP contribution in [0.15, 0.2) is 18.2 Å². The Balaban J connectivity index is 2.56. The zero-order chi connectivity index (χ0) is 23.1. The summed E-state index contributed by atoms with van der Waals surface area (Å²) in [4.78, 5) is 0. The molecule has 3 nitrogen and oxygen atoms in total. The Hall–Kier alpha value is -1.04. The predicted octanol–water partition coefficient (Wildman–Crippen LogP) is 7.95. The fraction of sp³-hybridized carbons (Fsp3) is 0.769. The van der Waals surface area contributed by atoms with Crippen LogP contribution < -0.4 is 0 Å². The Morgan fingerprint density at radius 3 is 1.87 bits per heavy atom. The molecule has 0 spiro atoms. The highest BCUT2D eigenvalue weighted by molar-refractivity contribution is 5.17. The molecule has 5 heteroatoms. The number of unbranched alkanes of at least 4 members (excludes halogenated alkanes) is 6. The normalized spacial score (nSPS) is 13.0. The Labute approximate surface area is 188 Å².